The standard InChI is InChI=1S/C16H14N2O4/c19-15(20)10-22-13-6-3-5-12(8-13)18-9-11-4-1-2-7-14(11)17-16(18)21/h1-8H,9-10H2,(H,17,21)(H,19,20). The van der Waals surface area contributed by atoms with Crippen molar-refractivity contribution in [1.82, 2.24) is 0 Å². The van der Waals surface area contributed by atoms with E-state index in [4.69, 9.17) is 9.84 Å². The Morgan fingerprint density at radius 2 is 2.05 bits per heavy atom. The molecular formula is C16H14N2O4. The first-order valence-electron chi connectivity index (χ1n) is 6.74. The Bertz CT molecular complexity index is 730. The monoisotopic (exact) mass is 298 g/mol. The Hall–Kier alpha value is -3.02. The van der Waals surface area contributed by atoms with Crippen molar-refractivity contribution in [3.05, 3.63) is 54.1 Å². The molecule has 0 saturated carbocycles. The van der Waals surface area contributed by atoms with Crippen LogP contribution in [0.15, 0.2) is 48.5 Å². The molecule has 0 fully saturated rings. The minimum absolute atomic E-state index is 0.228. The number of fused-ring (bicyclic) bond motifs is 1. The van der Waals surface area contributed by atoms with E-state index in [1.807, 2.05) is 24.3 Å². The minimum atomic E-state index is -1.05. The van der Waals surface area contributed by atoms with Gasteiger partial charge in [0.05, 0.1) is 6.54 Å². The van der Waals surface area contributed by atoms with E-state index >= 15 is 0 Å². The van der Waals surface area contributed by atoms with Crippen LogP contribution in [0.3, 0.4) is 0 Å². The van der Waals surface area contributed by atoms with Crippen LogP contribution in [0.25, 0.3) is 0 Å². The second-order valence-corrected chi connectivity index (χ2v) is 4.85. The first-order valence-corrected chi connectivity index (χ1v) is 6.74. The number of ether oxygens (including phenoxy) is 1. The maximum atomic E-state index is 12.2. The number of benzene rings is 2. The highest BCUT2D eigenvalue weighted by Crippen LogP contribution is 2.29. The lowest BCUT2D eigenvalue weighted by molar-refractivity contribution is -0.139. The fraction of sp³-hybridized carbons (Fsp3) is 0.125. The molecular weight excluding hydrogens is 284 g/mol. The second kappa shape index (κ2) is 5.77. The van der Waals surface area contributed by atoms with E-state index in [0.29, 0.717) is 18.0 Å². The van der Waals surface area contributed by atoms with E-state index in [2.05, 4.69) is 5.32 Å². The Morgan fingerprint density at radius 3 is 2.86 bits per heavy atom. The smallest absolute Gasteiger partial charge is 0.341 e. The maximum Gasteiger partial charge on any atom is 0.341 e. The quantitative estimate of drug-likeness (QED) is 0.909. The van der Waals surface area contributed by atoms with Crippen LogP contribution < -0.4 is 15.0 Å². The molecule has 2 N–H and O–H groups in total. The van der Waals surface area contributed by atoms with Gasteiger partial charge in [-0.15, -0.1) is 0 Å². The zero-order valence-electron chi connectivity index (χ0n) is 11.7. The number of carboxylic acids is 1. The first-order chi connectivity index (χ1) is 10.6. The maximum absolute atomic E-state index is 12.2. The SMILES string of the molecule is O=C(O)COc1cccc(N2Cc3ccccc3NC2=O)c1. The number of para-hydroxylation sites is 1. The molecule has 1 aliphatic heterocycles. The summed E-state index contributed by atoms with van der Waals surface area (Å²) in [6.07, 6.45) is 0. The predicted molar refractivity (Wildman–Crippen MR) is 81.2 cm³/mol. The van der Waals surface area contributed by atoms with Gasteiger partial charge in [0.25, 0.3) is 0 Å². The van der Waals surface area contributed by atoms with Gasteiger partial charge in [-0.3, -0.25) is 4.90 Å². The molecule has 1 aliphatic rings. The Labute approximate surface area is 126 Å². The van der Waals surface area contributed by atoms with Crippen molar-refractivity contribution in [3.63, 3.8) is 0 Å². The van der Waals surface area contributed by atoms with Crippen LogP contribution in [-0.2, 0) is 11.3 Å². The van der Waals surface area contributed by atoms with E-state index in [-0.39, 0.29) is 6.03 Å². The number of amides is 2. The zero-order valence-corrected chi connectivity index (χ0v) is 11.7. The van der Waals surface area contributed by atoms with E-state index < -0.39 is 12.6 Å². The van der Waals surface area contributed by atoms with Crippen LogP contribution in [0.2, 0.25) is 0 Å². The summed E-state index contributed by atoms with van der Waals surface area (Å²) in [6, 6.07) is 14.2. The van der Waals surface area contributed by atoms with Crippen molar-refractivity contribution in [3.8, 4) is 5.75 Å². The van der Waals surface area contributed by atoms with Crippen LogP contribution in [0.1, 0.15) is 5.56 Å². The summed E-state index contributed by atoms with van der Waals surface area (Å²) in [7, 11) is 0. The first kappa shape index (κ1) is 13.9. The van der Waals surface area contributed by atoms with Gasteiger partial charge in [-0.1, -0.05) is 24.3 Å². The molecule has 0 spiro atoms. The Balaban J connectivity index is 1.83. The number of carboxylic acid groups (broad SMARTS) is 1. The number of anilines is 2. The third-order valence-electron chi connectivity index (χ3n) is 3.32. The molecule has 0 radical (unpaired) electrons. The van der Waals surface area contributed by atoms with Crippen LogP contribution in [0.5, 0.6) is 5.75 Å². The van der Waals surface area contributed by atoms with Gasteiger partial charge < -0.3 is 15.2 Å². The van der Waals surface area contributed by atoms with Crippen molar-refractivity contribution in [2.24, 2.45) is 0 Å². The summed E-state index contributed by atoms with van der Waals surface area (Å²) in [5.41, 5.74) is 2.47. The molecule has 0 saturated heterocycles. The highest BCUT2D eigenvalue weighted by atomic mass is 16.5. The van der Waals surface area contributed by atoms with Gasteiger partial charge in [0.2, 0.25) is 0 Å². The molecule has 2 amide bonds. The van der Waals surface area contributed by atoms with Crippen LogP contribution in [-0.4, -0.2) is 23.7 Å². The predicted octanol–water partition coefficient (Wildman–Crippen LogP) is 2.70. The molecule has 112 valence electrons. The molecule has 0 aliphatic carbocycles. The van der Waals surface area contributed by atoms with Crippen LogP contribution in [0, 0.1) is 0 Å². The molecule has 0 unspecified atom stereocenters. The van der Waals surface area contributed by atoms with Crippen LogP contribution in [0.4, 0.5) is 16.2 Å². The second-order valence-electron chi connectivity index (χ2n) is 4.85. The van der Waals surface area contributed by atoms with Gasteiger partial charge >= 0.3 is 12.0 Å². The van der Waals surface area contributed by atoms with Crippen molar-refractivity contribution in [2.45, 2.75) is 6.54 Å². The number of urea groups is 1. The number of rotatable bonds is 4. The van der Waals surface area contributed by atoms with Crippen molar-refractivity contribution >= 4 is 23.4 Å². The van der Waals surface area contributed by atoms with E-state index in [9.17, 15) is 9.59 Å². The minimum Gasteiger partial charge on any atom is -0.482 e. The van der Waals surface area contributed by atoms with E-state index in [1.165, 1.54) is 0 Å². The fourth-order valence-electron chi connectivity index (χ4n) is 2.30. The third kappa shape index (κ3) is 2.85. The summed E-state index contributed by atoms with van der Waals surface area (Å²) >= 11 is 0. The van der Waals surface area contributed by atoms with Crippen molar-refractivity contribution in [1.29, 1.82) is 0 Å². The molecule has 3 rings (SSSR count). The number of hydrogen-bond acceptors (Lipinski definition) is 3. The van der Waals surface area contributed by atoms with Gasteiger partial charge in [0.1, 0.15) is 5.75 Å². The molecule has 0 aromatic heterocycles. The number of aliphatic carboxylic acids is 1. The lowest BCUT2D eigenvalue weighted by Gasteiger charge is -2.29. The average Bonchev–Trinajstić information content (AvgIpc) is 2.52. The normalized spacial score (nSPS) is 13.3. The summed E-state index contributed by atoms with van der Waals surface area (Å²) in [5, 5.41) is 11.5. The lowest BCUT2D eigenvalue weighted by atomic mass is 10.1. The molecule has 0 atom stereocenters. The Morgan fingerprint density at radius 1 is 1.23 bits per heavy atom. The van der Waals surface area contributed by atoms with Gasteiger partial charge in [0, 0.05) is 17.4 Å². The van der Waals surface area contributed by atoms with E-state index in [1.54, 1.807) is 29.2 Å². The fourth-order valence-corrected chi connectivity index (χ4v) is 2.30. The summed E-state index contributed by atoms with van der Waals surface area (Å²) < 4.78 is 5.15. The largest absolute Gasteiger partial charge is 0.482 e. The lowest BCUT2D eigenvalue weighted by Crippen LogP contribution is -2.38. The number of carbonyl (C=O) groups is 2. The number of nitrogens with one attached hydrogen (secondary N) is 1. The molecule has 22 heavy (non-hydrogen) atoms. The van der Waals surface area contributed by atoms with Gasteiger partial charge in [-0.25, -0.2) is 9.59 Å². The summed E-state index contributed by atoms with van der Waals surface area (Å²) in [5.74, 6) is -0.637. The topological polar surface area (TPSA) is 78.9 Å². The van der Waals surface area contributed by atoms with Crippen molar-refractivity contribution < 1.29 is 19.4 Å². The Kier molecular flexibility index (Phi) is 3.65. The number of hydrogen-bond donors (Lipinski definition) is 2. The molecule has 1 heterocycles. The highest BCUT2D eigenvalue weighted by Gasteiger charge is 2.23. The van der Waals surface area contributed by atoms with Gasteiger partial charge in [0.15, 0.2) is 6.61 Å². The van der Waals surface area contributed by atoms with Crippen LogP contribution >= 0.6 is 0 Å². The zero-order chi connectivity index (χ0) is 15.5. The van der Waals surface area contributed by atoms with Gasteiger partial charge in [-0.05, 0) is 23.8 Å². The molecule has 6 nitrogen and oxygen atoms in total. The summed E-state index contributed by atoms with van der Waals surface area (Å²) in [6.45, 7) is 0.0306. The average molecular weight is 298 g/mol. The molecule has 0 bridgehead atoms. The van der Waals surface area contributed by atoms with E-state index in [0.717, 1.165) is 11.3 Å². The summed E-state index contributed by atoms with van der Waals surface area (Å²) in [4.78, 5) is 24.3. The third-order valence-corrected chi connectivity index (χ3v) is 3.32. The highest BCUT2D eigenvalue weighted by molar-refractivity contribution is 6.04. The van der Waals surface area contributed by atoms with Crippen molar-refractivity contribution in [2.75, 3.05) is 16.8 Å². The number of carbonyl (C=O) groups excluding carboxylic acids is 1. The molecule has 2 aromatic rings. The number of nitrogens with zero attached hydrogens (tertiary/aromatic N) is 1. The molecule has 6 heteroatoms. The molecule has 2 aromatic carbocycles. The van der Waals surface area contributed by atoms with Gasteiger partial charge in [-0.2, -0.15) is 0 Å².